The van der Waals surface area contributed by atoms with Crippen LogP contribution < -0.4 is 0 Å². The van der Waals surface area contributed by atoms with Crippen molar-refractivity contribution >= 4 is 0 Å². The monoisotopic (exact) mass is 248 g/mol. The maximum absolute atomic E-state index is 1.62. The molecule has 4 aliphatic carbocycles. The fourth-order valence-corrected chi connectivity index (χ4v) is 6.45. The molecule has 0 aliphatic heterocycles. The highest BCUT2D eigenvalue weighted by Gasteiger charge is 2.48. The molecule has 0 aromatic heterocycles. The highest BCUT2D eigenvalue weighted by Crippen LogP contribution is 2.57. The van der Waals surface area contributed by atoms with E-state index in [4.69, 9.17) is 0 Å². The number of hydrogen-bond acceptors (Lipinski definition) is 0. The Labute approximate surface area is 114 Å². The van der Waals surface area contributed by atoms with Gasteiger partial charge in [0.2, 0.25) is 0 Å². The van der Waals surface area contributed by atoms with E-state index in [0.29, 0.717) is 0 Å². The smallest absolute Gasteiger partial charge is 0.0352 e. The van der Waals surface area contributed by atoms with Crippen LogP contribution in [0.5, 0.6) is 0 Å². The van der Waals surface area contributed by atoms with Crippen molar-refractivity contribution in [3.63, 3.8) is 0 Å². The predicted molar refractivity (Wildman–Crippen MR) is 78.5 cm³/mol. The first-order valence-corrected chi connectivity index (χ1v) is 8.43. The lowest BCUT2D eigenvalue weighted by Crippen LogP contribution is -2.43. The Balaban J connectivity index is 0.000001000. The van der Waals surface area contributed by atoms with E-state index in [0.717, 1.165) is 11.8 Å². The maximum Gasteiger partial charge on any atom is -0.0352 e. The lowest BCUT2D eigenvalue weighted by molar-refractivity contribution is -0.0184. The minimum atomic E-state index is 0. The van der Waals surface area contributed by atoms with E-state index in [-0.39, 0.29) is 7.43 Å². The molecule has 104 valence electrons. The van der Waals surface area contributed by atoms with E-state index < -0.39 is 0 Å². The van der Waals surface area contributed by atoms with Gasteiger partial charge in [0.25, 0.3) is 0 Å². The molecule has 0 nitrogen and oxygen atoms in total. The quantitative estimate of drug-likeness (QED) is 0.518. The van der Waals surface area contributed by atoms with E-state index in [1.807, 2.05) is 0 Å². The molecule has 0 saturated heterocycles. The Morgan fingerprint density at radius 2 is 0.889 bits per heavy atom. The SMILES string of the molecule is C.C1CCC2C(C1)CCC1C3CCCC3CCC21. The minimum absolute atomic E-state index is 0. The molecule has 0 N–H and O–H groups in total. The molecular formula is C18H32. The first-order chi connectivity index (χ1) is 8.43. The molecule has 4 fully saturated rings. The summed E-state index contributed by atoms with van der Waals surface area (Å²) in [7, 11) is 0. The van der Waals surface area contributed by atoms with Crippen LogP contribution in [0.15, 0.2) is 0 Å². The van der Waals surface area contributed by atoms with Gasteiger partial charge in [0, 0.05) is 0 Å². The number of hydrogen-bond donors (Lipinski definition) is 0. The van der Waals surface area contributed by atoms with Crippen molar-refractivity contribution in [2.24, 2.45) is 35.5 Å². The van der Waals surface area contributed by atoms with Gasteiger partial charge in [-0.2, -0.15) is 0 Å². The van der Waals surface area contributed by atoms with Gasteiger partial charge in [0.1, 0.15) is 0 Å². The van der Waals surface area contributed by atoms with Crippen LogP contribution in [0, 0.1) is 35.5 Å². The summed E-state index contributed by atoms with van der Waals surface area (Å²) in [5.74, 6) is 7.02. The Bertz CT molecular complexity index is 282. The summed E-state index contributed by atoms with van der Waals surface area (Å²) >= 11 is 0. The van der Waals surface area contributed by atoms with E-state index in [2.05, 4.69) is 0 Å². The van der Waals surface area contributed by atoms with Crippen molar-refractivity contribution in [3.05, 3.63) is 0 Å². The van der Waals surface area contributed by atoms with E-state index >= 15 is 0 Å². The lowest BCUT2D eigenvalue weighted by atomic mass is 9.54. The van der Waals surface area contributed by atoms with Crippen LogP contribution in [0.4, 0.5) is 0 Å². The average molecular weight is 248 g/mol. The normalized spacial score (nSPS) is 50.7. The third-order valence-corrected chi connectivity index (χ3v) is 7.08. The lowest BCUT2D eigenvalue weighted by Gasteiger charge is -2.51. The molecule has 4 aliphatic rings. The second-order valence-electron chi connectivity index (χ2n) is 7.55. The standard InChI is InChI=1S/C17H28.CH4/c1-2-6-14-12(4-1)8-10-17-15-7-3-5-13(15)9-11-16(14)17;/h12-17H,1-11H2;1H4. The zero-order chi connectivity index (χ0) is 11.2. The fraction of sp³-hybridized carbons (Fsp3) is 1.00. The maximum atomic E-state index is 1.62. The zero-order valence-corrected chi connectivity index (χ0v) is 11.2. The largest absolute Gasteiger partial charge is 0.0776 e. The van der Waals surface area contributed by atoms with Gasteiger partial charge in [-0.1, -0.05) is 39.5 Å². The first-order valence-electron chi connectivity index (χ1n) is 8.43. The number of fused-ring (bicyclic) bond motifs is 5. The Morgan fingerprint density at radius 1 is 0.389 bits per heavy atom. The van der Waals surface area contributed by atoms with Crippen LogP contribution in [0.1, 0.15) is 78.1 Å². The Morgan fingerprint density at radius 3 is 1.56 bits per heavy atom. The van der Waals surface area contributed by atoms with Crippen molar-refractivity contribution in [1.82, 2.24) is 0 Å². The average Bonchev–Trinajstić information content (AvgIpc) is 2.86. The molecule has 0 heterocycles. The molecule has 0 bridgehead atoms. The van der Waals surface area contributed by atoms with Crippen molar-refractivity contribution < 1.29 is 0 Å². The molecule has 18 heavy (non-hydrogen) atoms. The fourth-order valence-electron chi connectivity index (χ4n) is 6.45. The van der Waals surface area contributed by atoms with Gasteiger partial charge in [-0.3, -0.25) is 0 Å². The summed E-state index contributed by atoms with van der Waals surface area (Å²) in [4.78, 5) is 0. The van der Waals surface area contributed by atoms with E-state index in [1.165, 1.54) is 23.7 Å². The molecule has 0 radical (unpaired) electrons. The van der Waals surface area contributed by atoms with Crippen LogP contribution >= 0.6 is 0 Å². The molecule has 4 saturated carbocycles. The van der Waals surface area contributed by atoms with Gasteiger partial charge >= 0.3 is 0 Å². The Kier molecular flexibility index (Phi) is 3.74. The molecule has 0 heteroatoms. The van der Waals surface area contributed by atoms with Crippen molar-refractivity contribution in [3.8, 4) is 0 Å². The van der Waals surface area contributed by atoms with Crippen molar-refractivity contribution in [2.45, 2.75) is 78.1 Å². The van der Waals surface area contributed by atoms with Gasteiger partial charge in [-0.25, -0.2) is 0 Å². The van der Waals surface area contributed by atoms with Gasteiger partial charge in [-0.15, -0.1) is 0 Å². The highest BCUT2D eigenvalue weighted by atomic mass is 14.5. The molecule has 6 unspecified atom stereocenters. The predicted octanol–water partition coefficient (Wildman–Crippen LogP) is 5.67. The molecule has 0 amide bonds. The van der Waals surface area contributed by atoms with Gasteiger partial charge in [0.15, 0.2) is 0 Å². The molecule has 0 aromatic carbocycles. The van der Waals surface area contributed by atoms with Crippen LogP contribution in [0.25, 0.3) is 0 Å². The van der Waals surface area contributed by atoms with Gasteiger partial charge in [-0.05, 0) is 74.0 Å². The summed E-state index contributed by atoms with van der Waals surface area (Å²) < 4.78 is 0. The second kappa shape index (κ2) is 5.17. The summed E-state index contributed by atoms with van der Waals surface area (Å²) in [6.07, 6.45) is 17.5. The van der Waals surface area contributed by atoms with E-state index in [1.54, 1.807) is 70.6 Å². The van der Waals surface area contributed by atoms with Gasteiger partial charge < -0.3 is 0 Å². The first kappa shape index (κ1) is 13.0. The summed E-state index contributed by atoms with van der Waals surface area (Å²) in [6.45, 7) is 0. The summed E-state index contributed by atoms with van der Waals surface area (Å²) in [5, 5.41) is 0. The molecule has 4 rings (SSSR count). The molecule has 0 spiro atoms. The third-order valence-electron chi connectivity index (χ3n) is 7.08. The Hall–Kier alpha value is 0. The topological polar surface area (TPSA) is 0 Å². The van der Waals surface area contributed by atoms with Gasteiger partial charge in [0.05, 0.1) is 0 Å². The highest BCUT2D eigenvalue weighted by molar-refractivity contribution is 4.98. The second-order valence-corrected chi connectivity index (χ2v) is 7.55. The van der Waals surface area contributed by atoms with Crippen LogP contribution in [-0.4, -0.2) is 0 Å². The molecule has 6 atom stereocenters. The van der Waals surface area contributed by atoms with Crippen molar-refractivity contribution in [1.29, 1.82) is 0 Å². The van der Waals surface area contributed by atoms with Crippen LogP contribution in [-0.2, 0) is 0 Å². The third kappa shape index (κ3) is 1.95. The minimum Gasteiger partial charge on any atom is -0.0776 e. The zero-order valence-electron chi connectivity index (χ0n) is 11.2. The van der Waals surface area contributed by atoms with E-state index in [9.17, 15) is 0 Å². The molecular weight excluding hydrogens is 216 g/mol. The summed E-state index contributed by atoms with van der Waals surface area (Å²) in [5.41, 5.74) is 0. The van der Waals surface area contributed by atoms with Crippen LogP contribution in [0.3, 0.4) is 0 Å². The summed E-state index contributed by atoms with van der Waals surface area (Å²) in [6, 6.07) is 0. The van der Waals surface area contributed by atoms with Crippen molar-refractivity contribution in [2.75, 3.05) is 0 Å². The molecule has 0 aromatic rings. The van der Waals surface area contributed by atoms with Crippen LogP contribution in [0.2, 0.25) is 0 Å². The number of rotatable bonds is 0.